The van der Waals surface area contributed by atoms with Gasteiger partial charge in [-0.1, -0.05) is 13.0 Å². The molecular formula is C15H18N2O2. The first-order valence-electron chi connectivity index (χ1n) is 6.36. The SMILES string of the molecule is Cc1ccc2cc(C(=O)NCC(C)CO)ccc2n1. The molecule has 0 saturated heterocycles. The van der Waals surface area contributed by atoms with Crippen LogP contribution >= 0.6 is 0 Å². The van der Waals surface area contributed by atoms with E-state index in [4.69, 9.17) is 5.11 Å². The van der Waals surface area contributed by atoms with Crippen molar-refractivity contribution in [2.24, 2.45) is 5.92 Å². The monoisotopic (exact) mass is 258 g/mol. The predicted molar refractivity (Wildman–Crippen MR) is 75.1 cm³/mol. The lowest BCUT2D eigenvalue weighted by atomic mass is 10.1. The van der Waals surface area contributed by atoms with Gasteiger partial charge in [-0.05, 0) is 37.1 Å². The van der Waals surface area contributed by atoms with Crippen LogP contribution in [0, 0.1) is 12.8 Å². The maximum Gasteiger partial charge on any atom is 0.251 e. The third kappa shape index (κ3) is 3.29. The van der Waals surface area contributed by atoms with Crippen molar-refractivity contribution in [1.82, 2.24) is 10.3 Å². The smallest absolute Gasteiger partial charge is 0.251 e. The van der Waals surface area contributed by atoms with E-state index < -0.39 is 0 Å². The second kappa shape index (κ2) is 5.80. The van der Waals surface area contributed by atoms with Crippen molar-refractivity contribution in [3.05, 3.63) is 41.6 Å². The minimum absolute atomic E-state index is 0.0636. The van der Waals surface area contributed by atoms with Crippen LogP contribution < -0.4 is 5.32 Å². The molecule has 0 aliphatic heterocycles. The fourth-order valence-corrected chi connectivity index (χ4v) is 1.80. The molecule has 0 fully saturated rings. The van der Waals surface area contributed by atoms with Crippen LogP contribution in [0.25, 0.3) is 10.9 Å². The van der Waals surface area contributed by atoms with Crippen LogP contribution in [0.1, 0.15) is 23.0 Å². The molecule has 19 heavy (non-hydrogen) atoms. The number of aryl methyl sites for hydroxylation is 1. The number of hydrogen-bond donors (Lipinski definition) is 2. The molecule has 1 unspecified atom stereocenters. The molecular weight excluding hydrogens is 240 g/mol. The summed E-state index contributed by atoms with van der Waals surface area (Å²) < 4.78 is 0. The number of amides is 1. The quantitative estimate of drug-likeness (QED) is 0.880. The van der Waals surface area contributed by atoms with Crippen molar-refractivity contribution in [2.75, 3.05) is 13.2 Å². The summed E-state index contributed by atoms with van der Waals surface area (Å²) in [6.45, 7) is 4.37. The normalized spacial score (nSPS) is 12.4. The van der Waals surface area contributed by atoms with E-state index in [1.165, 1.54) is 0 Å². The first kappa shape index (κ1) is 13.5. The molecule has 1 aromatic heterocycles. The van der Waals surface area contributed by atoms with Gasteiger partial charge in [0.15, 0.2) is 0 Å². The molecule has 2 rings (SSSR count). The Hall–Kier alpha value is -1.94. The molecule has 2 aromatic rings. The summed E-state index contributed by atoms with van der Waals surface area (Å²) in [4.78, 5) is 16.4. The maximum atomic E-state index is 12.0. The van der Waals surface area contributed by atoms with Crippen molar-refractivity contribution in [1.29, 1.82) is 0 Å². The van der Waals surface area contributed by atoms with Gasteiger partial charge in [0, 0.05) is 29.8 Å². The fourth-order valence-electron chi connectivity index (χ4n) is 1.80. The maximum absolute atomic E-state index is 12.0. The number of nitrogens with zero attached hydrogens (tertiary/aromatic N) is 1. The van der Waals surface area contributed by atoms with Crippen molar-refractivity contribution in [2.45, 2.75) is 13.8 Å². The minimum Gasteiger partial charge on any atom is -0.396 e. The van der Waals surface area contributed by atoms with E-state index in [2.05, 4.69) is 10.3 Å². The van der Waals surface area contributed by atoms with Gasteiger partial charge in [0.1, 0.15) is 0 Å². The van der Waals surface area contributed by atoms with E-state index in [-0.39, 0.29) is 18.4 Å². The summed E-state index contributed by atoms with van der Waals surface area (Å²) in [6.07, 6.45) is 0. The second-order valence-corrected chi connectivity index (χ2v) is 4.86. The molecule has 0 spiro atoms. The van der Waals surface area contributed by atoms with E-state index in [1.807, 2.05) is 38.1 Å². The molecule has 2 N–H and O–H groups in total. The number of aliphatic hydroxyl groups excluding tert-OH is 1. The number of carbonyl (C=O) groups excluding carboxylic acids is 1. The molecule has 0 radical (unpaired) electrons. The Morgan fingerprint density at radius 1 is 1.37 bits per heavy atom. The highest BCUT2D eigenvalue weighted by atomic mass is 16.3. The number of rotatable bonds is 4. The summed E-state index contributed by atoms with van der Waals surface area (Å²) in [5.41, 5.74) is 2.46. The van der Waals surface area contributed by atoms with Crippen LogP contribution in [0.2, 0.25) is 0 Å². The number of hydrogen-bond acceptors (Lipinski definition) is 3. The number of benzene rings is 1. The Morgan fingerprint density at radius 2 is 2.16 bits per heavy atom. The summed E-state index contributed by atoms with van der Waals surface area (Å²) in [5, 5.41) is 12.7. The molecule has 100 valence electrons. The van der Waals surface area contributed by atoms with Crippen molar-refractivity contribution in [3.8, 4) is 0 Å². The third-order valence-electron chi connectivity index (χ3n) is 3.01. The minimum atomic E-state index is -0.122. The molecule has 4 nitrogen and oxygen atoms in total. The highest BCUT2D eigenvalue weighted by molar-refractivity contribution is 5.97. The van der Waals surface area contributed by atoms with Crippen molar-refractivity contribution < 1.29 is 9.90 Å². The van der Waals surface area contributed by atoms with Crippen LogP contribution in [-0.4, -0.2) is 29.1 Å². The topological polar surface area (TPSA) is 62.2 Å². The zero-order chi connectivity index (χ0) is 13.8. The number of aromatic nitrogens is 1. The summed E-state index contributed by atoms with van der Waals surface area (Å²) in [7, 11) is 0. The van der Waals surface area contributed by atoms with Crippen LogP contribution in [-0.2, 0) is 0 Å². The molecule has 0 aliphatic carbocycles. The first-order chi connectivity index (χ1) is 9.10. The molecule has 1 heterocycles. The number of pyridine rings is 1. The summed E-state index contributed by atoms with van der Waals surface area (Å²) in [6, 6.07) is 9.35. The number of aliphatic hydroxyl groups is 1. The Labute approximate surface area is 112 Å². The highest BCUT2D eigenvalue weighted by Gasteiger charge is 2.08. The van der Waals surface area contributed by atoms with Crippen LogP contribution in [0.5, 0.6) is 0 Å². The molecule has 0 bridgehead atoms. The molecule has 0 aliphatic rings. The Kier molecular flexibility index (Phi) is 4.12. The molecule has 0 saturated carbocycles. The number of fused-ring (bicyclic) bond motifs is 1. The van der Waals surface area contributed by atoms with Crippen LogP contribution in [0.4, 0.5) is 0 Å². The van der Waals surface area contributed by atoms with E-state index in [0.717, 1.165) is 16.6 Å². The lowest BCUT2D eigenvalue weighted by Gasteiger charge is -2.10. The van der Waals surface area contributed by atoms with Crippen molar-refractivity contribution >= 4 is 16.8 Å². The van der Waals surface area contributed by atoms with E-state index in [9.17, 15) is 4.79 Å². The number of carbonyl (C=O) groups is 1. The Morgan fingerprint density at radius 3 is 2.89 bits per heavy atom. The van der Waals surface area contributed by atoms with E-state index in [0.29, 0.717) is 12.1 Å². The van der Waals surface area contributed by atoms with Crippen LogP contribution in [0.15, 0.2) is 30.3 Å². The first-order valence-corrected chi connectivity index (χ1v) is 6.36. The fraction of sp³-hybridized carbons (Fsp3) is 0.333. The summed E-state index contributed by atoms with van der Waals surface area (Å²) >= 11 is 0. The Bertz CT molecular complexity index is 596. The lowest BCUT2D eigenvalue weighted by Crippen LogP contribution is -2.29. The van der Waals surface area contributed by atoms with E-state index in [1.54, 1.807) is 6.07 Å². The molecule has 1 amide bonds. The zero-order valence-electron chi connectivity index (χ0n) is 11.2. The standard InChI is InChI=1S/C15H18N2O2/c1-10(9-18)8-16-15(19)13-5-6-14-12(7-13)4-3-11(2)17-14/h3-7,10,18H,8-9H2,1-2H3,(H,16,19). The third-order valence-corrected chi connectivity index (χ3v) is 3.01. The lowest BCUT2D eigenvalue weighted by molar-refractivity contribution is 0.0942. The Balaban J connectivity index is 2.16. The van der Waals surface area contributed by atoms with Gasteiger partial charge in [-0.15, -0.1) is 0 Å². The average molecular weight is 258 g/mol. The van der Waals surface area contributed by atoms with Crippen molar-refractivity contribution in [3.63, 3.8) is 0 Å². The van der Waals surface area contributed by atoms with Gasteiger partial charge in [0.25, 0.3) is 5.91 Å². The average Bonchev–Trinajstić information content (AvgIpc) is 2.43. The van der Waals surface area contributed by atoms with Gasteiger partial charge >= 0.3 is 0 Å². The molecule has 1 aromatic carbocycles. The van der Waals surface area contributed by atoms with Gasteiger partial charge in [-0.2, -0.15) is 0 Å². The van der Waals surface area contributed by atoms with Gasteiger partial charge in [-0.3, -0.25) is 9.78 Å². The molecule has 4 heteroatoms. The largest absolute Gasteiger partial charge is 0.396 e. The predicted octanol–water partition coefficient (Wildman–Crippen LogP) is 1.90. The van der Waals surface area contributed by atoms with Crippen LogP contribution in [0.3, 0.4) is 0 Å². The zero-order valence-corrected chi connectivity index (χ0v) is 11.2. The van der Waals surface area contributed by atoms with Gasteiger partial charge < -0.3 is 10.4 Å². The van der Waals surface area contributed by atoms with Gasteiger partial charge in [0.05, 0.1) is 5.52 Å². The van der Waals surface area contributed by atoms with Gasteiger partial charge in [-0.25, -0.2) is 0 Å². The van der Waals surface area contributed by atoms with Gasteiger partial charge in [0.2, 0.25) is 0 Å². The van der Waals surface area contributed by atoms with E-state index >= 15 is 0 Å². The molecule has 1 atom stereocenters. The summed E-state index contributed by atoms with van der Waals surface area (Å²) in [5.74, 6) is -0.0588. The number of nitrogens with one attached hydrogen (secondary N) is 1. The highest BCUT2D eigenvalue weighted by Crippen LogP contribution is 2.14. The second-order valence-electron chi connectivity index (χ2n) is 4.86.